The van der Waals surface area contributed by atoms with Crippen LogP contribution in [0.4, 0.5) is 0 Å². The van der Waals surface area contributed by atoms with Crippen LogP contribution in [0.25, 0.3) is 0 Å². The lowest BCUT2D eigenvalue weighted by molar-refractivity contribution is -0.127. The summed E-state index contributed by atoms with van der Waals surface area (Å²) in [5.74, 6) is 1.92. The van der Waals surface area contributed by atoms with Gasteiger partial charge in [-0.3, -0.25) is 9.69 Å². The van der Waals surface area contributed by atoms with Crippen LogP contribution < -0.4 is 10.1 Å². The minimum Gasteiger partial charge on any atom is -0.481 e. The fraction of sp³-hybridized carbons (Fsp3) is 0.522. The Balaban J connectivity index is 1.63. The van der Waals surface area contributed by atoms with Crippen molar-refractivity contribution < 1.29 is 13.9 Å². The van der Waals surface area contributed by atoms with Crippen LogP contribution >= 0.6 is 0 Å². The van der Waals surface area contributed by atoms with Crippen molar-refractivity contribution >= 4 is 5.91 Å². The maximum Gasteiger partial charge on any atom is 0.260 e. The van der Waals surface area contributed by atoms with E-state index in [0.717, 1.165) is 35.7 Å². The standard InChI is InChI=1S/C23H32N2O3/c1-16(2)19-10-9-17(3)14-22(19)28-18(4)23(26)24-15-20(21-8-7-13-27-21)25-11-5-6-12-25/h7-10,13-14,16,18,20H,5-6,11-12,15H2,1-4H3,(H,24,26). The Hall–Kier alpha value is -2.27. The molecule has 0 saturated carbocycles. The van der Waals surface area contributed by atoms with Gasteiger partial charge in [0.2, 0.25) is 0 Å². The lowest BCUT2D eigenvalue weighted by Crippen LogP contribution is -2.42. The number of furan rings is 1. The number of carbonyl (C=O) groups excluding carboxylic acids is 1. The Bertz CT molecular complexity index is 764. The molecule has 28 heavy (non-hydrogen) atoms. The summed E-state index contributed by atoms with van der Waals surface area (Å²) in [4.78, 5) is 15.1. The molecule has 5 heteroatoms. The number of nitrogens with one attached hydrogen (secondary N) is 1. The number of benzene rings is 1. The van der Waals surface area contributed by atoms with Gasteiger partial charge in [0.15, 0.2) is 6.10 Å². The normalized spacial score (nSPS) is 16.9. The first kappa shape index (κ1) is 20.5. The van der Waals surface area contributed by atoms with Gasteiger partial charge in [-0.1, -0.05) is 26.0 Å². The summed E-state index contributed by atoms with van der Waals surface area (Å²) in [5.41, 5.74) is 2.25. The predicted molar refractivity (Wildman–Crippen MR) is 111 cm³/mol. The van der Waals surface area contributed by atoms with Gasteiger partial charge in [0.1, 0.15) is 11.5 Å². The first-order valence-corrected chi connectivity index (χ1v) is 10.3. The summed E-state index contributed by atoms with van der Waals surface area (Å²) < 4.78 is 11.7. The second kappa shape index (κ2) is 9.28. The highest BCUT2D eigenvalue weighted by molar-refractivity contribution is 5.80. The molecule has 1 fully saturated rings. The largest absolute Gasteiger partial charge is 0.481 e. The molecule has 0 bridgehead atoms. The lowest BCUT2D eigenvalue weighted by atomic mass is 10.0. The van der Waals surface area contributed by atoms with Gasteiger partial charge >= 0.3 is 0 Å². The molecule has 5 nitrogen and oxygen atoms in total. The highest BCUT2D eigenvalue weighted by Crippen LogP contribution is 2.28. The lowest BCUT2D eigenvalue weighted by Gasteiger charge is -2.27. The van der Waals surface area contributed by atoms with E-state index in [1.807, 2.05) is 25.1 Å². The third-order valence-electron chi connectivity index (χ3n) is 5.39. The average Bonchev–Trinajstić information content (AvgIpc) is 3.36. The molecule has 1 N–H and O–H groups in total. The van der Waals surface area contributed by atoms with Gasteiger partial charge in [-0.15, -0.1) is 0 Å². The fourth-order valence-corrected chi connectivity index (χ4v) is 3.75. The predicted octanol–water partition coefficient (Wildman–Crippen LogP) is 4.43. The van der Waals surface area contributed by atoms with Gasteiger partial charge in [0.05, 0.1) is 12.3 Å². The summed E-state index contributed by atoms with van der Waals surface area (Å²) >= 11 is 0. The molecule has 1 amide bonds. The Morgan fingerprint density at radius 3 is 2.61 bits per heavy atom. The van der Waals surface area contributed by atoms with Crippen molar-refractivity contribution in [3.63, 3.8) is 0 Å². The number of hydrogen-bond donors (Lipinski definition) is 1. The molecule has 1 aliphatic rings. The fourth-order valence-electron chi connectivity index (χ4n) is 3.75. The first-order chi connectivity index (χ1) is 13.5. The van der Waals surface area contributed by atoms with Crippen LogP contribution in [0.1, 0.15) is 62.5 Å². The summed E-state index contributed by atoms with van der Waals surface area (Å²) in [5, 5.41) is 3.07. The zero-order valence-electron chi connectivity index (χ0n) is 17.4. The van der Waals surface area contributed by atoms with E-state index in [1.54, 1.807) is 13.2 Å². The van der Waals surface area contributed by atoms with Crippen LogP contribution in [0, 0.1) is 6.92 Å². The van der Waals surface area contributed by atoms with E-state index in [0.29, 0.717) is 12.5 Å². The smallest absolute Gasteiger partial charge is 0.260 e. The van der Waals surface area contributed by atoms with Crippen molar-refractivity contribution in [1.29, 1.82) is 0 Å². The Morgan fingerprint density at radius 2 is 1.96 bits per heavy atom. The number of nitrogens with zero attached hydrogens (tertiary/aromatic N) is 1. The van der Waals surface area contributed by atoms with E-state index in [-0.39, 0.29) is 11.9 Å². The van der Waals surface area contributed by atoms with Crippen molar-refractivity contribution in [1.82, 2.24) is 10.2 Å². The van der Waals surface area contributed by atoms with Crippen molar-refractivity contribution in [3.8, 4) is 5.75 Å². The molecule has 1 aromatic carbocycles. The molecule has 1 aromatic heterocycles. The van der Waals surface area contributed by atoms with Crippen LogP contribution in [0.15, 0.2) is 41.0 Å². The summed E-state index contributed by atoms with van der Waals surface area (Å²) in [6.45, 7) is 10.7. The molecule has 0 aliphatic carbocycles. The molecular formula is C23H32N2O3. The van der Waals surface area contributed by atoms with Gasteiger partial charge in [-0.2, -0.15) is 0 Å². The third kappa shape index (κ3) is 4.96. The molecule has 2 heterocycles. The monoisotopic (exact) mass is 384 g/mol. The van der Waals surface area contributed by atoms with Crippen molar-refractivity contribution in [2.24, 2.45) is 0 Å². The molecule has 152 valence electrons. The summed E-state index contributed by atoms with van der Waals surface area (Å²) in [6, 6.07) is 10.1. The third-order valence-corrected chi connectivity index (χ3v) is 5.39. The molecule has 3 rings (SSSR count). The molecule has 0 spiro atoms. The maximum absolute atomic E-state index is 12.7. The van der Waals surface area contributed by atoms with Gasteiger partial charge in [-0.05, 0) is 75.0 Å². The number of hydrogen-bond acceptors (Lipinski definition) is 4. The van der Waals surface area contributed by atoms with Gasteiger partial charge in [-0.25, -0.2) is 0 Å². The Labute approximate surface area is 168 Å². The van der Waals surface area contributed by atoms with Gasteiger partial charge in [0.25, 0.3) is 5.91 Å². The van der Waals surface area contributed by atoms with Crippen molar-refractivity contribution in [3.05, 3.63) is 53.5 Å². The average molecular weight is 385 g/mol. The second-order valence-electron chi connectivity index (χ2n) is 7.98. The minimum absolute atomic E-state index is 0.0684. The number of ether oxygens (including phenoxy) is 1. The van der Waals surface area contributed by atoms with Gasteiger partial charge < -0.3 is 14.5 Å². The molecule has 0 radical (unpaired) electrons. The highest BCUT2D eigenvalue weighted by atomic mass is 16.5. The zero-order chi connectivity index (χ0) is 20.1. The summed E-state index contributed by atoms with van der Waals surface area (Å²) in [7, 11) is 0. The molecule has 1 saturated heterocycles. The summed E-state index contributed by atoms with van der Waals surface area (Å²) in [6.07, 6.45) is 3.51. The Kier molecular flexibility index (Phi) is 6.79. The molecule has 1 aliphatic heterocycles. The number of carbonyl (C=O) groups is 1. The SMILES string of the molecule is Cc1ccc(C(C)C)c(OC(C)C(=O)NCC(c2ccco2)N2CCCC2)c1. The zero-order valence-corrected chi connectivity index (χ0v) is 17.4. The van der Waals surface area contributed by atoms with Crippen LogP contribution in [-0.4, -0.2) is 36.5 Å². The number of amides is 1. The van der Waals surface area contributed by atoms with Crippen molar-refractivity contribution in [2.75, 3.05) is 19.6 Å². The molecule has 2 aromatic rings. The number of rotatable bonds is 8. The molecular weight excluding hydrogens is 352 g/mol. The molecule has 2 unspecified atom stereocenters. The van der Waals surface area contributed by atoms with E-state index >= 15 is 0 Å². The highest BCUT2D eigenvalue weighted by Gasteiger charge is 2.27. The number of aryl methyl sites for hydroxylation is 1. The molecule has 2 atom stereocenters. The van der Waals surface area contributed by atoms with E-state index in [9.17, 15) is 4.79 Å². The quantitative estimate of drug-likeness (QED) is 0.731. The van der Waals surface area contributed by atoms with E-state index in [1.165, 1.54) is 12.8 Å². The van der Waals surface area contributed by atoms with E-state index < -0.39 is 6.10 Å². The first-order valence-electron chi connectivity index (χ1n) is 10.3. The van der Waals surface area contributed by atoms with E-state index in [4.69, 9.17) is 9.15 Å². The van der Waals surface area contributed by atoms with Crippen LogP contribution in [0.3, 0.4) is 0 Å². The maximum atomic E-state index is 12.7. The van der Waals surface area contributed by atoms with E-state index in [2.05, 4.69) is 36.2 Å². The Morgan fingerprint density at radius 1 is 1.21 bits per heavy atom. The topological polar surface area (TPSA) is 54.7 Å². The van der Waals surface area contributed by atoms with Crippen LogP contribution in [-0.2, 0) is 4.79 Å². The van der Waals surface area contributed by atoms with Crippen LogP contribution in [0.5, 0.6) is 5.75 Å². The number of likely N-dealkylation sites (tertiary alicyclic amines) is 1. The minimum atomic E-state index is -0.560. The van der Waals surface area contributed by atoms with Crippen molar-refractivity contribution in [2.45, 2.75) is 58.6 Å². The van der Waals surface area contributed by atoms with Gasteiger partial charge in [0, 0.05) is 6.54 Å². The van der Waals surface area contributed by atoms with Crippen LogP contribution in [0.2, 0.25) is 0 Å². The second-order valence-corrected chi connectivity index (χ2v) is 7.98.